The molecule has 6 heteroatoms. The summed E-state index contributed by atoms with van der Waals surface area (Å²) in [6.45, 7) is 3.11. The van der Waals surface area contributed by atoms with E-state index in [0.717, 1.165) is 50.7 Å². The molecule has 3 rings (SSSR count). The molecule has 4 N–H and O–H groups in total. The summed E-state index contributed by atoms with van der Waals surface area (Å²) in [5, 5.41) is 12.9. The molecule has 0 fully saturated rings. The fourth-order valence-electron chi connectivity index (χ4n) is 3.89. The average Bonchev–Trinajstić information content (AvgIpc) is 3.13. The van der Waals surface area contributed by atoms with Gasteiger partial charge in [-0.2, -0.15) is 0 Å². The van der Waals surface area contributed by atoms with Crippen LogP contribution in [-0.2, 0) is 4.74 Å². The van der Waals surface area contributed by atoms with Gasteiger partial charge in [-0.25, -0.2) is 0 Å². The lowest BCUT2D eigenvalue weighted by molar-refractivity contribution is 0.0627. The van der Waals surface area contributed by atoms with Crippen molar-refractivity contribution >= 4 is 23.9 Å². The molecule has 1 aliphatic heterocycles. The number of carbonyl (C=O) groups excluding carboxylic acids is 1. The van der Waals surface area contributed by atoms with Crippen LogP contribution >= 0.6 is 12.4 Å². The third-order valence-electron chi connectivity index (χ3n) is 5.62. The van der Waals surface area contributed by atoms with E-state index in [-0.39, 0.29) is 42.6 Å². The van der Waals surface area contributed by atoms with Crippen LogP contribution in [-0.4, -0.2) is 24.0 Å². The number of ether oxygens (including phenoxy) is 1. The topological polar surface area (TPSA) is 84.6 Å². The summed E-state index contributed by atoms with van der Waals surface area (Å²) < 4.78 is 5.91. The average molecular weight is 433 g/mol. The zero-order chi connectivity index (χ0) is 20.6. The normalized spacial score (nSPS) is 14.5. The second-order valence-corrected chi connectivity index (χ2v) is 7.79. The van der Waals surface area contributed by atoms with Crippen LogP contribution in [0.1, 0.15) is 79.1 Å². The first-order chi connectivity index (χ1) is 14.1. The molecular weight excluding hydrogens is 400 g/mol. The van der Waals surface area contributed by atoms with Gasteiger partial charge < -0.3 is 20.9 Å². The fraction of sp³-hybridized carbons (Fsp3) is 0.458. The number of nitrogens with two attached hydrogens (primary N) is 1. The molecule has 30 heavy (non-hydrogen) atoms. The van der Waals surface area contributed by atoms with Crippen LogP contribution in [0.15, 0.2) is 42.5 Å². The Morgan fingerprint density at radius 2 is 1.77 bits per heavy atom. The number of nitrogens with one attached hydrogen (secondary N) is 1. The van der Waals surface area contributed by atoms with Gasteiger partial charge in [0.25, 0.3) is 0 Å². The number of aromatic hydroxyl groups is 1. The van der Waals surface area contributed by atoms with E-state index in [1.165, 1.54) is 5.56 Å². The van der Waals surface area contributed by atoms with Crippen LogP contribution in [0, 0.1) is 0 Å². The van der Waals surface area contributed by atoms with Crippen molar-refractivity contribution in [3.05, 3.63) is 59.2 Å². The Hall–Kier alpha value is -2.08. The van der Waals surface area contributed by atoms with Gasteiger partial charge in [0.15, 0.2) is 5.78 Å². The molecule has 0 aliphatic carbocycles. The Labute approximate surface area is 185 Å². The largest absolute Gasteiger partial charge is 0.506 e. The third kappa shape index (κ3) is 6.21. The van der Waals surface area contributed by atoms with Gasteiger partial charge in [0.2, 0.25) is 0 Å². The molecule has 0 radical (unpaired) electrons. The van der Waals surface area contributed by atoms with Crippen LogP contribution in [0.3, 0.4) is 0 Å². The summed E-state index contributed by atoms with van der Waals surface area (Å²) in [7, 11) is 0. The van der Waals surface area contributed by atoms with E-state index in [4.69, 9.17) is 10.5 Å². The summed E-state index contributed by atoms with van der Waals surface area (Å²) >= 11 is 0. The van der Waals surface area contributed by atoms with E-state index >= 15 is 0 Å². The number of fused-ring (bicyclic) bond motifs is 1. The number of hydrogen-bond donors (Lipinski definition) is 3. The minimum Gasteiger partial charge on any atom is -0.506 e. The second-order valence-electron chi connectivity index (χ2n) is 7.79. The van der Waals surface area contributed by atoms with E-state index in [1.807, 2.05) is 18.2 Å². The Morgan fingerprint density at radius 3 is 2.53 bits per heavy atom. The number of carbonyl (C=O) groups is 1. The fourth-order valence-corrected chi connectivity index (χ4v) is 3.89. The van der Waals surface area contributed by atoms with E-state index in [0.29, 0.717) is 11.3 Å². The molecule has 1 heterocycles. The molecule has 0 spiro atoms. The summed E-state index contributed by atoms with van der Waals surface area (Å²) in [5.41, 5.74) is 9.52. The monoisotopic (exact) mass is 432 g/mol. The van der Waals surface area contributed by atoms with Crippen molar-refractivity contribution in [2.24, 2.45) is 5.73 Å². The van der Waals surface area contributed by atoms with Crippen molar-refractivity contribution in [3.8, 4) is 5.75 Å². The van der Waals surface area contributed by atoms with Crippen molar-refractivity contribution in [1.29, 1.82) is 0 Å². The van der Waals surface area contributed by atoms with Crippen molar-refractivity contribution in [2.75, 3.05) is 18.5 Å². The van der Waals surface area contributed by atoms with Crippen molar-refractivity contribution in [3.63, 3.8) is 0 Å². The van der Waals surface area contributed by atoms with E-state index in [1.54, 1.807) is 12.1 Å². The maximum atomic E-state index is 12.1. The number of unbranched alkanes of at least 4 members (excludes halogenated alkanes) is 4. The summed E-state index contributed by atoms with van der Waals surface area (Å²) in [4.78, 5) is 12.1. The predicted molar refractivity (Wildman–Crippen MR) is 124 cm³/mol. The van der Waals surface area contributed by atoms with Gasteiger partial charge in [-0.05, 0) is 37.0 Å². The number of Topliss-reactive ketones (excluding diaryl/α,β-unsaturated/α-hetero) is 1. The SMILES string of the molecule is CC(OCCCCCCCC(N)c1ccc(O)c2c1C(=O)CN2)c1ccccc1.Cl. The summed E-state index contributed by atoms with van der Waals surface area (Å²) in [6.07, 6.45) is 6.49. The summed E-state index contributed by atoms with van der Waals surface area (Å²) in [5.74, 6) is 0.122. The molecule has 5 nitrogen and oxygen atoms in total. The van der Waals surface area contributed by atoms with Crippen LogP contribution in [0.4, 0.5) is 5.69 Å². The second kappa shape index (κ2) is 11.9. The number of benzene rings is 2. The van der Waals surface area contributed by atoms with Crippen LogP contribution in [0.2, 0.25) is 0 Å². The molecule has 2 aromatic rings. The number of phenols is 1. The number of ketones is 1. The van der Waals surface area contributed by atoms with E-state index in [2.05, 4.69) is 24.4 Å². The standard InChI is InChI=1S/C24H32N2O3.ClH/c1-17(18-10-6-5-7-11-18)29-15-9-4-2-3-8-12-20(25)19-13-14-21(27)24-23(19)22(28)16-26-24;/h5-7,10-11,13-14,17,20,26-27H,2-4,8-9,12,15-16,25H2,1H3;1H. The zero-order valence-electron chi connectivity index (χ0n) is 17.6. The molecule has 0 aromatic heterocycles. The van der Waals surface area contributed by atoms with E-state index < -0.39 is 0 Å². The number of phenolic OH excluding ortho intramolecular Hbond substituents is 1. The number of rotatable bonds is 11. The highest BCUT2D eigenvalue weighted by molar-refractivity contribution is 6.10. The smallest absolute Gasteiger partial charge is 0.184 e. The van der Waals surface area contributed by atoms with Gasteiger partial charge in [0.1, 0.15) is 5.75 Å². The highest BCUT2D eigenvalue weighted by Crippen LogP contribution is 2.37. The molecule has 1 aliphatic rings. The van der Waals surface area contributed by atoms with Crippen LogP contribution < -0.4 is 11.1 Å². The molecule has 0 amide bonds. The Kier molecular flexibility index (Phi) is 9.63. The van der Waals surface area contributed by atoms with Crippen molar-refractivity contribution < 1.29 is 14.6 Å². The number of anilines is 1. The Bertz CT molecular complexity index is 814. The maximum Gasteiger partial charge on any atom is 0.184 e. The van der Waals surface area contributed by atoms with Crippen molar-refractivity contribution in [1.82, 2.24) is 0 Å². The molecule has 0 saturated heterocycles. The molecular formula is C24H33ClN2O3. The lowest BCUT2D eigenvalue weighted by Gasteiger charge is -2.16. The first-order valence-electron chi connectivity index (χ1n) is 10.6. The van der Waals surface area contributed by atoms with Gasteiger partial charge >= 0.3 is 0 Å². The molecule has 2 atom stereocenters. The highest BCUT2D eigenvalue weighted by Gasteiger charge is 2.27. The number of hydrogen-bond acceptors (Lipinski definition) is 5. The first-order valence-corrected chi connectivity index (χ1v) is 10.6. The Morgan fingerprint density at radius 1 is 1.07 bits per heavy atom. The maximum absolute atomic E-state index is 12.1. The molecule has 0 saturated carbocycles. The zero-order valence-corrected chi connectivity index (χ0v) is 18.4. The lowest BCUT2D eigenvalue weighted by atomic mass is 9.94. The minimum atomic E-state index is -0.178. The Balaban J connectivity index is 0.00000320. The quantitative estimate of drug-likeness (QED) is 0.320. The lowest BCUT2D eigenvalue weighted by Crippen LogP contribution is -2.14. The van der Waals surface area contributed by atoms with Gasteiger partial charge in [0.05, 0.1) is 23.9 Å². The van der Waals surface area contributed by atoms with E-state index in [9.17, 15) is 9.90 Å². The first kappa shape index (κ1) is 24.2. The minimum absolute atomic E-state index is 0. The molecule has 0 bridgehead atoms. The molecule has 2 aromatic carbocycles. The van der Waals surface area contributed by atoms with Crippen molar-refractivity contribution in [2.45, 2.75) is 57.6 Å². The molecule has 164 valence electrons. The predicted octanol–water partition coefficient (Wildman–Crippen LogP) is 5.54. The van der Waals surface area contributed by atoms with Crippen LogP contribution in [0.5, 0.6) is 5.75 Å². The van der Waals surface area contributed by atoms with Crippen LogP contribution in [0.25, 0.3) is 0 Å². The number of halogens is 1. The van der Waals surface area contributed by atoms with Gasteiger partial charge in [-0.3, -0.25) is 4.79 Å². The third-order valence-corrected chi connectivity index (χ3v) is 5.62. The van der Waals surface area contributed by atoms with Gasteiger partial charge in [0, 0.05) is 12.6 Å². The summed E-state index contributed by atoms with van der Waals surface area (Å²) in [6, 6.07) is 13.5. The molecule has 2 unspecified atom stereocenters. The highest BCUT2D eigenvalue weighted by atomic mass is 35.5. The van der Waals surface area contributed by atoms with Gasteiger partial charge in [-0.15, -0.1) is 12.4 Å². The van der Waals surface area contributed by atoms with Gasteiger partial charge in [-0.1, -0.05) is 62.1 Å².